The average molecular weight is 301 g/mol. The van der Waals surface area contributed by atoms with Gasteiger partial charge < -0.3 is 19.1 Å². The normalized spacial score (nSPS) is 11.2. The molecule has 0 heterocycles. The standard InChI is InChI=1S/C13H20NO5P/c1-4-17-20(16,18-5-2)10-11-8-6-7-9-12(11)19-13(15)14-3/h6-9H,4-5,10H2,1-3H3,(H,14,15). The zero-order valence-electron chi connectivity index (χ0n) is 11.9. The van der Waals surface area contributed by atoms with Crippen LogP contribution >= 0.6 is 7.60 Å². The molecule has 0 aliphatic rings. The van der Waals surface area contributed by atoms with Gasteiger partial charge in [-0.05, 0) is 19.9 Å². The third-order valence-electron chi connectivity index (χ3n) is 2.39. The van der Waals surface area contributed by atoms with Gasteiger partial charge in [-0.15, -0.1) is 0 Å². The van der Waals surface area contributed by atoms with Crippen LogP contribution in [0.2, 0.25) is 0 Å². The molecule has 1 aromatic carbocycles. The number of para-hydroxylation sites is 1. The molecule has 0 aliphatic heterocycles. The molecular weight excluding hydrogens is 281 g/mol. The highest BCUT2D eigenvalue weighted by atomic mass is 31.2. The maximum absolute atomic E-state index is 12.5. The number of amides is 1. The topological polar surface area (TPSA) is 73.9 Å². The van der Waals surface area contributed by atoms with Crippen LogP contribution < -0.4 is 10.1 Å². The van der Waals surface area contributed by atoms with E-state index >= 15 is 0 Å². The van der Waals surface area contributed by atoms with Crippen LogP contribution in [0.3, 0.4) is 0 Å². The van der Waals surface area contributed by atoms with Crippen molar-refractivity contribution in [3.05, 3.63) is 29.8 Å². The monoisotopic (exact) mass is 301 g/mol. The molecule has 0 saturated heterocycles. The minimum Gasteiger partial charge on any atom is -0.410 e. The molecule has 1 rings (SSSR count). The molecule has 1 N–H and O–H groups in total. The summed E-state index contributed by atoms with van der Waals surface area (Å²) in [6.45, 7) is 4.07. The fourth-order valence-corrected chi connectivity index (χ4v) is 3.34. The van der Waals surface area contributed by atoms with Crippen LogP contribution in [-0.2, 0) is 19.8 Å². The number of ether oxygens (including phenoxy) is 1. The van der Waals surface area contributed by atoms with E-state index in [4.69, 9.17) is 13.8 Å². The molecule has 0 saturated carbocycles. The molecule has 0 bridgehead atoms. The van der Waals surface area contributed by atoms with E-state index in [9.17, 15) is 9.36 Å². The van der Waals surface area contributed by atoms with Gasteiger partial charge in [0.05, 0.1) is 19.4 Å². The summed E-state index contributed by atoms with van der Waals surface area (Å²) in [6, 6.07) is 6.86. The van der Waals surface area contributed by atoms with Crippen LogP contribution in [0.5, 0.6) is 5.75 Å². The predicted octanol–water partition coefficient (Wildman–Crippen LogP) is 3.17. The van der Waals surface area contributed by atoms with E-state index in [0.717, 1.165) is 0 Å². The second-order valence-corrected chi connectivity index (χ2v) is 5.91. The summed E-state index contributed by atoms with van der Waals surface area (Å²) in [7, 11) is -1.76. The van der Waals surface area contributed by atoms with E-state index in [0.29, 0.717) is 11.3 Å². The first-order chi connectivity index (χ1) is 9.54. The van der Waals surface area contributed by atoms with Crippen LogP contribution in [0, 0.1) is 0 Å². The van der Waals surface area contributed by atoms with Crippen molar-refractivity contribution in [1.29, 1.82) is 0 Å². The maximum atomic E-state index is 12.5. The van der Waals surface area contributed by atoms with Crippen molar-refractivity contribution in [3.63, 3.8) is 0 Å². The van der Waals surface area contributed by atoms with Gasteiger partial charge in [0.1, 0.15) is 5.75 Å². The molecule has 0 spiro atoms. The lowest BCUT2D eigenvalue weighted by Gasteiger charge is -2.18. The number of carbonyl (C=O) groups excluding carboxylic acids is 1. The Morgan fingerprint density at radius 3 is 2.35 bits per heavy atom. The molecule has 0 aromatic heterocycles. The largest absolute Gasteiger partial charge is 0.412 e. The number of rotatable bonds is 7. The Hall–Kier alpha value is -1.36. The first-order valence-corrected chi connectivity index (χ1v) is 8.13. The fourth-order valence-electron chi connectivity index (χ4n) is 1.62. The molecule has 7 heteroatoms. The molecule has 20 heavy (non-hydrogen) atoms. The molecule has 112 valence electrons. The summed E-state index contributed by atoms with van der Waals surface area (Å²) >= 11 is 0. The lowest BCUT2D eigenvalue weighted by Crippen LogP contribution is -2.22. The molecule has 0 atom stereocenters. The molecule has 6 nitrogen and oxygen atoms in total. The van der Waals surface area contributed by atoms with Gasteiger partial charge in [0.15, 0.2) is 0 Å². The quantitative estimate of drug-likeness (QED) is 0.783. The van der Waals surface area contributed by atoms with Gasteiger partial charge in [0, 0.05) is 12.6 Å². The summed E-state index contributed by atoms with van der Waals surface area (Å²) in [5.74, 6) is 0.339. The van der Waals surface area contributed by atoms with Crippen molar-refractivity contribution in [1.82, 2.24) is 5.32 Å². The van der Waals surface area contributed by atoms with Crippen LogP contribution in [0.25, 0.3) is 0 Å². The minimum absolute atomic E-state index is 0.0574. The van der Waals surface area contributed by atoms with E-state index in [1.807, 2.05) is 0 Å². The number of carbonyl (C=O) groups is 1. The van der Waals surface area contributed by atoms with Crippen LogP contribution in [0.15, 0.2) is 24.3 Å². The minimum atomic E-state index is -3.23. The smallest absolute Gasteiger partial charge is 0.410 e. The Kier molecular flexibility index (Phi) is 6.71. The number of hydrogen-bond donors (Lipinski definition) is 1. The molecular formula is C13H20NO5P. The Balaban J connectivity index is 2.95. The van der Waals surface area contributed by atoms with Crippen molar-refractivity contribution in [2.24, 2.45) is 0 Å². The Morgan fingerprint density at radius 1 is 1.20 bits per heavy atom. The highest BCUT2D eigenvalue weighted by molar-refractivity contribution is 7.53. The third-order valence-corrected chi connectivity index (χ3v) is 4.43. The summed E-state index contributed by atoms with van der Waals surface area (Å²) in [5.41, 5.74) is 0.598. The molecule has 0 aliphatic carbocycles. The van der Waals surface area contributed by atoms with Gasteiger partial charge in [-0.1, -0.05) is 18.2 Å². The first kappa shape index (κ1) is 16.7. The Morgan fingerprint density at radius 2 is 1.80 bits per heavy atom. The summed E-state index contributed by atoms with van der Waals surface area (Å²) in [4.78, 5) is 11.3. The van der Waals surface area contributed by atoms with Crippen LogP contribution in [0.4, 0.5) is 4.79 Å². The second-order valence-electron chi connectivity index (χ2n) is 3.85. The highest BCUT2D eigenvalue weighted by Gasteiger charge is 2.26. The molecule has 1 amide bonds. The SMILES string of the molecule is CCOP(=O)(Cc1ccccc1OC(=O)NC)OCC. The van der Waals surface area contributed by atoms with Crippen molar-refractivity contribution < 1.29 is 23.1 Å². The zero-order chi connectivity index (χ0) is 15.0. The van der Waals surface area contributed by atoms with Gasteiger partial charge in [-0.3, -0.25) is 4.57 Å². The third kappa shape index (κ3) is 4.96. The molecule has 0 radical (unpaired) electrons. The Labute approximate surface area is 119 Å². The van der Waals surface area contributed by atoms with Crippen molar-refractivity contribution in [2.75, 3.05) is 20.3 Å². The Bertz CT molecular complexity index is 481. The predicted molar refractivity (Wildman–Crippen MR) is 76.1 cm³/mol. The maximum Gasteiger partial charge on any atom is 0.412 e. The van der Waals surface area contributed by atoms with Crippen molar-refractivity contribution in [3.8, 4) is 5.75 Å². The van der Waals surface area contributed by atoms with Crippen molar-refractivity contribution in [2.45, 2.75) is 20.0 Å². The van der Waals surface area contributed by atoms with Gasteiger partial charge in [0.25, 0.3) is 0 Å². The zero-order valence-corrected chi connectivity index (χ0v) is 12.8. The van der Waals surface area contributed by atoms with Gasteiger partial charge >= 0.3 is 13.7 Å². The summed E-state index contributed by atoms with van der Waals surface area (Å²) in [6.07, 6.45) is -0.526. The lowest BCUT2D eigenvalue weighted by molar-refractivity contribution is 0.201. The highest BCUT2D eigenvalue weighted by Crippen LogP contribution is 2.52. The summed E-state index contributed by atoms with van der Waals surface area (Å²) < 4.78 is 28.1. The van der Waals surface area contributed by atoms with Crippen LogP contribution in [0.1, 0.15) is 19.4 Å². The summed E-state index contributed by atoms with van der Waals surface area (Å²) in [5, 5.41) is 2.36. The number of benzene rings is 1. The van der Waals surface area contributed by atoms with Gasteiger partial charge in [0.2, 0.25) is 0 Å². The number of hydrogen-bond acceptors (Lipinski definition) is 5. The molecule has 0 unspecified atom stereocenters. The fraction of sp³-hybridized carbons (Fsp3) is 0.462. The van der Waals surface area contributed by atoms with E-state index < -0.39 is 13.7 Å². The van der Waals surface area contributed by atoms with Crippen molar-refractivity contribution >= 4 is 13.7 Å². The van der Waals surface area contributed by atoms with Gasteiger partial charge in [-0.25, -0.2) is 4.79 Å². The van der Waals surface area contributed by atoms with E-state index in [1.54, 1.807) is 38.1 Å². The second kappa shape index (κ2) is 8.04. The van der Waals surface area contributed by atoms with Gasteiger partial charge in [-0.2, -0.15) is 0 Å². The number of nitrogens with one attached hydrogen (secondary N) is 1. The van der Waals surface area contributed by atoms with E-state index in [1.165, 1.54) is 7.05 Å². The molecule has 1 aromatic rings. The van der Waals surface area contributed by atoms with E-state index in [-0.39, 0.29) is 19.4 Å². The first-order valence-electron chi connectivity index (χ1n) is 6.40. The molecule has 0 fully saturated rings. The average Bonchev–Trinajstić information content (AvgIpc) is 2.41. The lowest BCUT2D eigenvalue weighted by atomic mass is 10.2. The van der Waals surface area contributed by atoms with E-state index in [2.05, 4.69) is 5.32 Å². The van der Waals surface area contributed by atoms with Crippen LogP contribution in [-0.4, -0.2) is 26.4 Å².